The molecule has 1 saturated heterocycles. The van der Waals surface area contributed by atoms with E-state index in [0.717, 1.165) is 58.2 Å². The van der Waals surface area contributed by atoms with E-state index in [1.807, 2.05) is 0 Å². The molecule has 3 nitrogen and oxygen atoms in total. The Balaban J connectivity index is 1.86. The first kappa shape index (κ1) is 19.7. The Bertz CT molecular complexity index is 282. The molecular formula is C19H36O3. The number of hydrogen-bond acceptors (Lipinski definition) is 3. The van der Waals surface area contributed by atoms with Gasteiger partial charge in [0.1, 0.15) is 0 Å². The van der Waals surface area contributed by atoms with Crippen molar-refractivity contribution in [2.45, 2.75) is 96.4 Å². The van der Waals surface area contributed by atoms with Crippen LogP contribution in [0.2, 0.25) is 0 Å². The van der Waals surface area contributed by atoms with Crippen LogP contribution in [0.15, 0.2) is 12.2 Å². The summed E-state index contributed by atoms with van der Waals surface area (Å²) in [4.78, 5) is 0. The second-order valence-corrected chi connectivity index (χ2v) is 6.63. The van der Waals surface area contributed by atoms with Crippen LogP contribution >= 0.6 is 0 Å². The van der Waals surface area contributed by atoms with E-state index in [-0.39, 0.29) is 11.9 Å². The zero-order valence-corrected chi connectivity index (χ0v) is 14.7. The van der Waals surface area contributed by atoms with E-state index in [2.05, 4.69) is 26.0 Å². The van der Waals surface area contributed by atoms with Gasteiger partial charge in [-0.25, -0.2) is 0 Å². The molecule has 0 bridgehead atoms. The van der Waals surface area contributed by atoms with E-state index in [1.165, 1.54) is 25.7 Å². The largest absolute Gasteiger partial charge is 0.393 e. The third-order valence-corrected chi connectivity index (χ3v) is 4.37. The van der Waals surface area contributed by atoms with Crippen LogP contribution < -0.4 is 0 Å². The van der Waals surface area contributed by atoms with E-state index in [4.69, 9.17) is 9.47 Å². The summed E-state index contributed by atoms with van der Waals surface area (Å²) >= 11 is 0. The van der Waals surface area contributed by atoms with E-state index < -0.39 is 0 Å². The highest BCUT2D eigenvalue weighted by atomic mass is 16.7. The third-order valence-electron chi connectivity index (χ3n) is 4.37. The molecule has 1 unspecified atom stereocenters. The fourth-order valence-corrected chi connectivity index (χ4v) is 2.88. The highest BCUT2D eigenvalue weighted by Crippen LogP contribution is 2.25. The van der Waals surface area contributed by atoms with Gasteiger partial charge in [-0.1, -0.05) is 38.3 Å². The summed E-state index contributed by atoms with van der Waals surface area (Å²) in [5, 5.41) is 9.75. The first-order chi connectivity index (χ1) is 10.7. The summed E-state index contributed by atoms with van der Waals surface area (Å²) in [5.41, 5.74) is 0. The van der Waals surface area contributed by atoms with Crippen LogP contribution in [-0.4, -0.2) is 30.2 Å². The van der Waals surface area contributed by atoms with Crippen LogP contribution in [0.25, 0.3) is 0 Å². The minimum absolute atomic E-state index is 0.0882. The van der Waals surface area contributed by atoms with Crippen LogP contribution in [0.4, 0.5) is 0 Å². The monoisotopic (exact) mass is 312 g/mol. The van der Waals surface area contributed by atoms with Gasteiger partial charge in [0.05, 0.1) is 19.3 Å². The fourth-order valence-electron chi connectivity index (χ4n) is 2.88. The lowest BCUT2D eigenvalue weighted by molar-refractivity contribution is -0.147. The summed E-state index contributed by atoms with van der Waals surface area (Å²) in [6.45, 7) is 5.71. The third kappa shape index (κ3) is 9.60. The Labute approximate surface area is 137 Å². The van der Waals surface area contributed by atoms with E-state index in [0.29, 0.717) is 0 Å². The summed E-state index contributed by atoms with van der Waals surface area (Å²) in [5.74, 6) is -0.311. The Morgan fingerprint density at radius 2 is 1.59 bits per heavy atom. The van der Waals surface area contributed by atoms with Crippen LogP contribution in [0.5, 0.6) is 0 Å². The molecule has 0 radical (unpaired) electrons. The van der Waals surface area contributed by atoms with Crippen LogP contribution in [0, 0.1) is 0 Å². The molecule has 0 aromatic carbocycles. The van der Waals surface area contributed by atoms with Crippen molar-refractivity contribution < 1.29 is 14.6 Å². The Morgan fingerprint density at radius 1 is 0.955 bits per heavy atom. The number of allylic oxidation sites excluding steroid dienone is 2. The molecule has 1 heterocycles. The molecule has 3 heteroatoms. The normalized spacial score (nSPS) is 19.0. The van der Waals surface area contributed by atoms with Crippen molar-refractivity contribution in [2.24, 2.45) is 0 Å². The average Bonchev–Trinajstić information content (AvgIpc) is 2.94. The van der Waals surface area contributed by atoms with E-state index in [1.54, 1.807) is 0 Å². The summed E-state index contributed by atoms with van der Waals surface area (Å²) in [7, 11) is 0. The van der Waals surface area contributed by atoms with Gasteiger partial charge in [-0.05, 0) is 51.9 Å². The Kier molecular flexibility index (Phi) is 10.8. The second kappa shape index (κ2) is 12.1. The van der Waals surface area contributed by atoms with Gasteiger partial charge >= 0.3 is 0 Å². The highest BCUT2D eigenvalue weighted by molar-refractivity contribution is 4.81. The SMILES string of the molecule is CCCCC(O)CCC/C=C\CCCCCC1(C)OCCO1. The van der Waals surface area contributed by atoms with Crippen molar-refractivity contribution in [3.05, 3.63) is 12.2 Å². The molecule has 0 saturated carbocycles. The van der Waals surface area contributed by atoms with Crippen molar-refractivity contribution in [1.82, 2.24) is 0 Å². The molecule has 0 aromatic heterocycles. The number of ether oxygens (including phenoxy) is 2. The van der Waals surface area contributed by atoms with Gasteiger partial charge in [-0.3, -0.25) is 0 Å². The van der Waals surface area contributed by atoms with Gasteiger partial charge in [-0.2, -0.15) is 0 Å². The minimum atomic E-state index is -0.311. The number of unbranched alkanes of at least 4 members (excludes halogenated alkanes) is 5. The lowest BCUT2D eigenvalue weighted by Gasteiger charge is -2.21. The summed E-state index contributed by atoms with van der Waals surface area (Å²) in [6.07, 6.45) is 16.7. The molecule has 0 aromatic rings. The number of aliphatic hydroxyl groups is 1. The molecule has 1 aliphatic rings. The first-order valence-electron chi connectivity index (χ1n) is 9.27. The number of rotatable bonds is 13. The van der Waals surface area contributed by atoms with Gasteiger partial charge in [0.25, 0.3) is 0 Å². The maximum atomic E-state index is 9.75. The predicted molar refractivity (Wildman–Crippen MR) is 91.9 cm³/mol. The summed E-state index contributed by atoms with van der Waals surface area (Å²) < 4.78 is 11.2. The van der Waals surface area contributed by atoms with Gasteiger partial charge in [-0.15, -0.1) is 0 Å². The molecule has 1 atom stereocenters. The standard InChI is InChI=1S/C19H36O3/c1-3-4-13-18(20)14-11-9-7-5-6-8-10-12-15-19(2)21-16-17-22-19/h5,7,18,20H,3-4,6,8-17H2,1-2H3/b7-5-. The second-order valence-electron chi connectivity index (χ2n) is 6.63. The Morgan fingerprint density at radius 3 is 2.27 bits per heavy atom. The fraction of sp³-hybridized carbons (Fsp3) is 0.895. The van der Waals surface area contributed by atoms with Crippen molar-refractivity contribution in [2.75, 3.05) is 13.2 Å². The highest BCUT2D eigenvalue weighted by Gasteiger charge is 2.29. The maximum Gasteiger partial charge on any atom is 0.165 e. The molecule has 1 N–H and O–H groups in total. The first-order valence-corrected chi connectivity index (χ1v) is 9.27. The van der Waals surface area contributed by atoms with Crippen molar-refractivity contribution in [3.63, 3.8) is 0 Å². The molecule has 0 amide bonds. The average molecular weight is 312 g/mol. The van der Waals surface area contributed by atoms with Crippen molar-refractivity contribution in [1.29, 1.82) is 0 Å². The van der Waals surface area contributed by atoms with Crippen LogP contribution in [0.3, 0.4) is 0 Å². The molecule has 0 spiro atoms. The summed E-state index contributed by atoms with van der Waals surface area (Å²) in [6, 6.07) is 0. The quantitative estimate of drug-likeness (QED) is 0.385. The molecule has 1 fully saturated rings. The van der Waals surface area contributed by atoms with Gasteiger partial charge in [0, 0.05) is 6.42 Å². The molecule has 0 aliphatic carbocycles. The predicted octanol–water partition coefficient (Wildman–Crippen LogP) is 4.98. The minimum Gasteiger partial charge on any atom is -0.393 e. The van der Waals surface area contributed by atoms with Crippen molar-refractivity contribution in [3.8, 4) is 0 Å². The zero-order valence-electron chi connectivity index (χ0n) is 14.7. The van der Waals surface area contributed by atoms with E-state index in [9.17, 15) is 5.11 Å². The van der Waals surface area contributed by atoms with Gasteiger partial charge in [0.15, 0.2) is 5.79 Å². The smallest absolute Gasteiger partial charge is 0.165 e. The molecule has 1 aliphatic heterocycles. The van der Waals surface area contributed by atoms with Gasteiger partial charge < -0.3 is 14.6 Å². The molecule has 22 heavy (non-hydrogen) atoms. The zero-order chi connectivity index (χ0) is 16.1. The lowest BCUT2D eigenvalue weighted by atomic mass is 10.1. The molecule has 1 rings (SSSR count). The number of aliphatic hydroxyl groups excluding tert-OH is 1. The topological polar surface area (TPSA) is 38.7 Å². The van der Waals surface area contributed by atoms with Gasteiger partial charge in [0.2, 0.25) is 0 Å². The maximum absolute atomic E-state index is 9.75. The molecular weight excluding hydrogens is 276 g/mol. The molecule has 130 valence electrons. The van der Waals surface area contributed by atoms with Crippen LogP contribution in [0.1, 0.15) is 84.5 Å². The Hall–Kier alpha value is -0.380. The van der Waals surface area contributed by atoms with E-state index >= 15 is 0 Å². The van der Waals surface area contributed by atoms with Crippen molar-refractivity contribution >= 4 is 0 Å². The lowest BCUT2D eigenvalue weighted by Crippen LogP contribution is -2.24. The number of hydrogen-bond donors (Lipinski definition) is 1. The van der Waals surface area contributed by atoms with Crippen LogP contribution in [-0.2, 0) is 9.47 Å².